The molecule has 0 atom stereocenters. The van der Waals surface area contributed by atoms with Crippen LogP contribution in [0.15, 0.2) is 51.7 Å². The summed E-state index contributed by atoms with van der Waals surface area (Å²) in [4.78, 5) is 4.55. The summed E-state index contributed by atoms with van der Waals surface area (Å²) in [5, 5.41) is 8.91. The molecule has 0 unspecified atom stereocenters. The van der Waals surface area contributed by atoms with E-state index in [1.165, 1.54) is 23.5 Å². The summed E-state index contributed by atoms with van der Waals surface area (Å²) in [5.74, 6) is 0.939. The van der Waals surface area contributed by atoms with Crippen molar-refractivity contribution in [2.24, 2.45) is 0 Å². The van der Waals surface area contributed by atoms with Crippen molar-refractivity contribution in [3.05, 3.63) is 48.0 Å². The van der Waals surface area contributed by atoms with E-state index in [9.17, 15) is 8.42 Å². The highest BCUT2D eigenvalue weighted by Gasteiger charge is 2.15. The van der Waals surface area contributed by atoms with Crippen LogP contribution in [-0.2, 0) is 10.0 Å². The lowest BCUT2D eigenvalue weighted by Gasteiger charge is -2.08. The van der Waals surface area contributed by atoms with Crippen molar-refractivity contribution in [1.29, 1.82) is 5.26 Å². The highest BCUT2D eigenvalue weighted by molar-refractivity contribution is 8.01. The first-order chi connectivity index (χ1) is 11.5. The van der Waals surface area contributed by atoms with Gasteiger partial charge in [-0.05, 0) is 42.2 Å². The Hall–Kier alpha value is -2.08. The summed E-state index contributed by atoms with van der Waals surface area (Å²) in [6.45, 7) is 2.06. The van der Waals surface area contributed by atoms with Crippen molar-refractivity contribution in [2.75, 3.05) is 10.5 Å². The lowest BCUT2D eigenvalue weighted by Crippen LogP contribution is -2.12. The molecule has 122 valence electrons. The molecular formula is C16H13N3O2S3. The van der Waals surface area contributed by atoms with Crippen LogP contribution in [0.2, 0.25) is 0 Å². The Labute approximate surface area is 148 Å². The Kier molecular flexibility index (Phi) is 4.76. The zero-order chi connectivity index (χ0) is 17.2. The fourth-order valence-electron chi connectivity index (χ4n) is 2.10. The third-order valence-electron chi connectivity index (χ3n) is 3.16. The smallest absolute Gasteiger partial charge is 0.261 e. The number of anilines is 1. The lowest BCUT2D eigenvalue weighted by molar-refractivity contribution is 0.601. The molecule has 1 N–H and O–H groups in total. The number of rotatable bonds is 5. The average molecular weight is 376 g/mol. The molecule has 1 aromatic heterocycles. The molecule has 0 saturated heterocycles. The first-order valence-corrected chi connectivity index (χ1v) is 10.4. The van der Waals surface area contributed by atoms with Crippen molar-refractivity contribution in [1.82, 2.24) is 4.98 Å². The Balaban J connectivity index is 1.91. The van der Waals surface area contributed by atoms with Crippen molar-refractivity contribution in [3.63, 3.8) is 0 Å². The molecule has 5 nitrogen and oxygen atoms in total. The maximum absolute atomic E-state index is 12.5. The minimum absolute atomic E-state index is 0.0631. The zero-order valence-corrected chi connectivity index (χ0v) is 15.1. The highest BCUT2D eigenvalue weighted by atomic mass is 32.2. The van der Waals surface area contributed by atoms with E-state index in [1.54, 1.807) is 42.1 Å². The molecular weight excluding hydrogens is 362 g/mol. The van der Waals surface area contributed by atoms with Gasteiger partial charge in [0.25, 0.3) is 10.0 Å². The monoisotopic (exact) mass is 375 g/mol. The molecule has 0 spiro atoms. The fraction of sp³-hybridized carbons (Fsp3) is 0.125. The minimum Gasteiger partial charge on any atom is -0.280 e. The normalized spacial score (nSPS) is 11.3. The van der Waals surface area contributed by atoms with Crippen LogP contribution in [0.1, 0.15) is 12.5 Å². The van der Waals surface area contributed by atoms with Crippen LogP contribution in [0.25, 0.3) is 10.2 Å². The number of sulfonamides is 1. The molecule has 0 amide bonds. The first kappa shape index (κ1) is 16.8. The van der Waals surface area contributed by atoms with Gasteiger partial charge in [-0.2, -0.15) is 5.26 Å². The molecule has 0 fully saturated rings. The van der Waals surface area contributed by atoms with Gasteiger partial charge < -0.3 is 0 Å². The van der Waals surface area contributed by atoms with Gasteiger partial charge in [-0.15, -0.1) is 11.3 Å². The topological polar surface area (TPSA) is 82.8 Å². The quantitative estimate of drug-likeness (QED) is 0.679. The van der Waals surface area contributed by atoms with Gasteiger partial charge in [0.15, 0.2) is 4.34 Å². The summed E-state index contributed by atoms with van der Waals surface area (Å²) in [7, 11) is -3.74. The highest BCUT2D eigenvalue weighted by Crippen LogP contribution is 2.31. The molecule has 24 heavy (non-hydrogen) atoms. The maximum atomic E-state index is 12.5. The summed E-state index contributed by atoms with van der Waals surface area (Å²) in [5.41, 5.74) is 1.63. The van der Waals surface area contributed by atoms with Crippen LogP contribution in [0.4, 0.5) is 5.69 Å². The number of nitriles is 1. The Bertz CT molecular complexity index is 1040. The van der Waals surface area contributed by atoms with E-state index >= 15 is 0 Å². The van der Waals surface area contributed by atoms with Crippen LogP contribution in [0.5, 0.6) is 0 Å². The Morgan fingerprint density at radius 2 is 2.12 bits per heavy atom. The number of hydrogen-bond donors (Lipinski definition) is 1. The predicted octanol–water partition coefficient (Wildman–Crippen LogP) is 4.08. The van der Waals surface area contributed by atoms with Gasteiger partial charge in [0.05, 0.1) is 32.4 Å². The molecule has 0 aliphatic rings. The largest absolute Gasteiger partial charge is 0.280 e. The number of thiazole rings is 1. The van der Waals surface area contributed by atoms with E-state index < -0.39 is 10.0 Å². The van der Waals surface area contributed by atoms with E-state index in [0.29, 0.717) is 11.3 Å². The second kappa shape index (κ2) is 6.81. The van der Waals surface area contributed by atoms with Crippen LogP contribution in [0.3, 0.4) is 0 Å². The van der Waals surface area contributed by atoms with E-state index in [0.717, 1.165) is 20.3 Å². The molecule has 8 heteroatoms. The number of fused-ring (bicyclic) bond motifs is 1. The summed E-state index contributed by atoms with van der Waals surface area (Å²) >= 11 is 3.20. The van der Waals surface area contributed by atoms with Crippen LogP contribution in [-0.4, -0.2) is 19.2 Å². The number of benzene rings is 2. The van der Waals surface area contributed by atoms with Gasteiger partial charge in [0, 0.05) is 0 Å². The molecule has 3 aromatic rings. The van der Waals surface area contributed by atoms with Gasteiger partial charge in [-0.25, -0.2) is 13.4 Å². The molecule has 0 bridgehead atoms. The van der Waals surface area contributed by atoms with Crippen LogP contribution < -0.4 is 4.72 Å². The summed E-state index contributed by atoms with van der Waals surface area (Å²) < 4.78 is 29.4. The number of hydrogen-bond acceptors (Lipinski definition) is 6. The average Bonchev–Trinajstić information content (AvgIpc) is 2.96. The fourth-order valence-corrected chi connectivity index (χ4v) is 5.20. The first-order valence-electron chi connectivity index (χ1n) is 7.08. The van der Waals surface area contributed by atoms with Gasteiger partial charge >= 0.3 is 0 Å². The number of nitrogens with one attached hydrogen (secondary N) is 1. The van der Waals surface area contributed by atoms with Crippen molar-refractivity contribution >= 4 is 49.0 Å². The van der Waals surface area contributed by atoms with Gasteiger partial charge in [-0.1, -0.05) is 24.8 Å². The Morgan fingerprint density at radius 1 is 1.29 bits per heavy atom. The third kappa shape index (κ3) is 3.53. The minimum atomic E-state index is -3.74. The van der Waals surface area contributed by atoms with Crippen LogP contribution >= 0.6 is 23.1 Å². The molecule has 0 radical (unpaired) electrons. The second-order valence-corrected chi connectivity index (χ2v) is 9.06. The number of aromatic nitrogens is 1. The molecule has 0 aliphatic carbocycles. The standard InChI is InChI=1S/C16H13N3O2S3/c1-2-22-16-18-14-7-6-12(9-15(14)23-16)19-24(20,21)13-5-3-4-11(8-13)10-17/h3-9,19H,2H2,1H3. The summed E-state index contributed by atoms with van der Waals surface area (Å²) in [6, 6.07) is 13.1. The van der Waals surface area contributed by atoms with E-state index in [2.05, 4.69) is 16.6 Å². The SMILES string of the molecule is CCSc1nc2ccc(NS(=O)(=O)c3cccc(C#N)c3)cc2s1. The summed E-state index contributed by atoms with van der Waals surface area (Å²) in [6.07, 6.45) is 0. The van der Waals surface area contributed by atoms with Crippen molar-refractivity contribution in [3.8, 4) is 6.07 Å². The molecule has 3 rings (SSSR count). The lowest BCUT2D eigenvalue weighted by atomic mass is 10.2. The van der Waals surface area contributed by atoms with Crippen molar-refractivity contribution in [2.45, 2.75) is 16.2 Å². The second-order valence-electron chi connectivity index (χ2n) is 4.84. The zero-order valence-electron chi connectivity index (χ0n) is 12.7. The van der Waals surface area contributed by atoms with Crippen molar-refractivity contribution < 1.29 is 8.42 Å². The maximum Gasteiger partial charge on any atom is 0.261 e. The van der Waals surface area contributed by atoms with Gasteiger partial charge in [0.2, 0.25) is 0 Å². The number of thioether (sulfide) groups is 1. The van der Waals surface area contributed by atoms with E-state index in [4.69, 9.17) is 5.26 Å². The van der Waals surface area contributed by atoms with Gasteiger partial charge in [0.1, 0.15) is 0 Å². The number of nitrogens with zero attached hydrogens (tertiary/aromatic N) is 2. The molecule has 2 aromatic carbocycles. The van der Waals surface area contributed by atoms with Crippen LogP contribution in [0, 0.1) is 11.3 Å². The Morgan fingerprint density at radius 3 is 2.88 bits per heavy atom. The third-order valence-corrected chi connectivity index (χ3v) is 6.58. The van der Waals surface area contributed by atoms with E-state index in [1.807, 2.05) is 6.07 Å². The van der Waals surface area contributed by atoms with E-state index in [-0.39, 0.29) is 4.90 Å². The molecule has 1 heterocycles. The predicted molar refractivity (Wildman–Crippen MR) is 98.0 cm³/mol. The van der Waals surface area contributed by atoms with Gasteiger partial charge in [-0.3, -0.25) is 4.72 Å². The molecule has 0 saturated carbocycles. The molecule has 0 aliphatic heterocycles.